The summed E-state index contributed by atoms with van der Waals surface area (Å²) in [4.78, 5) is 26.3. The minimum Gasteiger partial charge on any atom is -0.475 e. The number of halogens is 4. The van der Waals surface area contributed by atoms with Crippen LogP contribution in [0.4, 0.5) is 23.2 Å². The summed E-state index contributed by atoms with van der Waals surface area (Å²) in [6.07, 6.45) is 1.95. The van der Waals surface area contributed by atoms with Crippen molar-refractivity contribution < 1.29 is 27.1 Å². The van der Waals surface area contributed by atoms with Crippen LogP contribution in [0.25, 0.3) is 5.69 Å². The van der Waals surface area contributed by atoms with Crippen molar-refractivity contribution in [1.29, 1.82) is 0 Å². The lowest BCUT2D eigenvalue weighted by molar-refractivity contribution is -0.138. The lowest BCUT2D eigenvalue weighted by atomic mass is 10.1. The number of fused-ring (bicyclic) bond motifs is 1. The van der Waals surface area contributed by atoms with Gasteiger partial charge in [-0.05, 0) is 13.0 Å². The summed E-state index contributed by atoms with van der Waals surface area (Å²) < 4.78 is 59.9. The molecule has 6 nitrogen and oxygen atoms in total. The number of rotatable bonds is 2. The highest BCUT2D eigenvalue weighted by atomic mass is 19.4. The monoisotopic (exact) mass is 407 g/mol. The fourth-order valence-corrected chi connectivity index (χ4v) is 3.27. The summed E-state index contributed by atoms with van der Waals surface area (Å²) in [6, 6.07) is 2.10. The van der Waals surface area contributed by atoms with Crippen molar-refractivity contribution in [1.82, 2.24) is 9.78 Å². The zero-order valence-corrected chi connectivity index (χ0v) is 15.0. The molecule has 0 saturated heterocycles. The zero-order valence-electron chi connectivity index (χ0n) is 15.0. The summed E-state index contributed by atoms with van der Waals surface area (Å²) in [5.74, 6) is 1.08. The molecule has 0 unspecified atom stereocenters. The van der Waals surface area contributed by atoms with Gasteiger partial charge in [-0.25, -0.2) is 4.39 Å². The number of amides is 1. The van der Waals surface area contributed by atoms with Crippen LogP contribution in [-0.2, 0) is 11.0 Å². The highest BCUT2D eigenvalue weighted by Crippen LogP contribution is 2.49. The van der Waals surface area contributed by atoms with Crippen molar-refractivity contribution in [3.05, 3.63) is 45.6 Å². The van der Waals surface area contributed by atoms with Crippen molar-refractivity contribution in [2.24, 2.45) is 0 Å². The molecule has 1 spiro atoms. The molecule has 1 amide bonds. The molecule has 29 heavy (non-hydrogen) atoms. The van der Waals surface area contributed by atoms with Gasteiger partial charge in [-0.3, -0.25) is 14.5 Å². The lowest BCUT2D eigenvalue weighted by Crippen LogP contribution is -2.48. The normalized spacial score (nSPS) is 17.0. The van der Waals surface area contributed by atoms with Gasteiger partial charge in [0.15, 0.2) is 11.4 Å². The second-order valence-electron chi connectivity index (χ2n) is 6.86. The largest absolute Gasteiger partial charge is 0.475 e. The Balaban J connectivity index is 1.88. The van der Waals surface area contributed by atoms with Gasteiger partial charge >= 0.3 is 6.18 Å². The van der Waals surface area contributed by atoms with Crippen LogP contribution in [0.1, 0.15) is 24.0 Å². The molecule has 0 atom stereocenters. The van der Waals surface area contributed by atoms with E-state index in [1.807, 2.05) is 0 Å². The average Bonchev–Trinajstić information content (AvgIpc) is 3.41. The maximum absolute atomic E-state index is 14.7. The molecule has 0 radical (unpaired) electrons. The van der Waals surface area contributed by atoms with Crippen LogP contribution in [0.15, 0.2) is 23.1 Å². The topological polar surface area (TPSA) is 64.4 Å². The van der Waals surface area contributed by atoms with Crippen LogP contribution >= 0.6 is 0 Å². The molecule has 10 heteroatoms. The number of nitrogens with zero attached hydrogens (tertiary/aromatic N) is 3. The number of alkyl halides is 3. The van der Waals surface area contributed by atoms with Crippen LogP contribution in [0.5, 0.6) is 5.75 Å². The third-order valence-electron chi connectivity index (χ3n) is 4.97. The fraction of sp³-hybridized carbons (Fsp3) is 0.316. The van der Waals surface area contributed by atoms with Gasteiger partial charge in [-0.2, -0.15) is 23.0 Å². The summed E-state index contributed by atoms with van der Waals surface area (Å²) >= 11 is 0. The van der Waals surface area contributed by atoms with Gasteiger partial charge in [0, 0.05) is 24.5 Å². The predicted molar refractivity (Wildman–Crippen MR) is 93.3 cm³/mol. The lowest BCUT2D eigenvalue weighted by Gasteiger charge is -2.34. The maximum atomic E-state index is 14.7. The SMILES string of the molecule is C#CCN1C(=O)C2(CC2)Oc2cc(F)c(-n3ncc(C(F)(F)F)c(C)c3=O)cc21. The predicted octanol–water partition coefficient (Wildman–Crippen LogP) is 2.59. The molecular weight excluding hydrogens is 394 g/mol. The van der Waals surface area contributed by atoms with E-state index in [4.69, 9.17) is 11.2 Å². The van der Waals surface area contributed by atoms with Gasteiger partial charge < -0.3 is 4.74 Å². The number of carbonyl (C=O) groups is 1. The summed E-state index contributed by atoms with van der Waals surface area (Å²) in [6.45, 7) is 0.865. The van der Waals surface area contributed by atoms with Gasteiger partial charge in [0.1, 0.15) is 11.4 Å². The first kappa shape index (κ1) is 19.0. The van der Waals surface area contributed by atoms with Crippen molar-refractivity contribution in [3.8, 4) is 23.8 Å². The van der Waals surface area contributed by atoms with Crippen molar-refractivity contribution >= 4 is 11.6 Å². The summed E-state index contributed by atoms with van der Waals surface area (Å²) in [5.41, 5.74) is -4.33. The molecule has 1 saturated carbocycles. The van der Waals surface area contributed by atoms with Crippen LogP contribution < -0.4 is 15.2 Å². The Hall–Kier alpha value is -3.35. The molecule has 1 aromatic heterocycles. The molecule has 1 aliphatic heterocycles. The number of ether oxygens (including phenoxy) is 1. The second-order valence-corrected chi connectivity index (χ2v) is 6.86. The van der Waals surface area contributed by atoms with Crippen LogP contribution in [0.3, 0.4) is 0 Å². The molecule has 2 aliphatic rings. The van der Waals surface area contributed by atoms with Crippen LogP contribution in [-0.4, -0.2) is 27.8 Å². The molecule has 150 valence electrons. The van der Waals surface area contributed by atoms with E-state index < -0.39 is 40.0 Å². The Kier molecular flexibility index (Phi) is 3.98. The number of anilines is 1. The summed E-state index contributed by atoms with van der Waals surface area (Å²) in [5, 5.41) is 3.48. The zero-order chi connectivity index (χ0) is 21.1. The number of hydrogen-bond donors (Lipinski definition) is 0. The Morgan fingerprint density at radius 1 is 1.28 bits per heavy atom. The van der Waals surface area contributed by atoms with E-state index in [-0.39, 0.29) is 23.9 Å². The van der Waals surface area contributed by atoms with Gasteiger partial charge in [0.25, 0.3) is 11.5 Å². The van der Waals surface area contributed by atoms with Crippen LogP contribution in [0, 0.1) is 25.1 Å². The Bertz CT molecular complexity index is 1140. The molecule has 4 rings (SSSR count). The standard InChI is InChI=1S/C19H13F4N3O3/c1-3-6-25-14-8-13(12(20)7-15(14)29-18(4-5-18)17(25)28)26-16(27)10(2)11(9-24-26)19(21,22)23/h1,7-9H,4-6H2,2H3. The molecule has 1 aromatic carbocycles. The van der Waals surface area contributed by atoms with Crippen LogP contribution in [0.2, 0.25) is 0 Å². The maximum Gasteiger partial charge on any atom is 0.418 e. The number of hydrogen-bond acceptors (Lipinski definition) is 4. The first-order valence-corrected chi connectivity index (χ1v) is 8.53. The van der Waals surface area contributed by atoms with E-state index in [0.29, 0.717) is 23.7 Å². The molecule has 2 heterocycles. The smallest absolute Gasteiger partial charge is 0.418 e. The van der Waals surface area contributed by atoms with Gasteiger partial charge in [-0.1, -0.05) is 5.92 Å². The van der Waals surface area contributed by atoms with Gasteiger partial charge in [0.2, 0.25) is 0 Å². The third-order valence-corrected chi connectivity index (χ3v) is 4.97. The minimum atomic E-state index is -4.77. The van der Waals surface area contributed by atoms with Crippen molar-refractivity contribution in [3.63, 3.8) is 0 Å². The third kappa shape index (κ3) is 2.85. The fourth-order valence-electron chi connectivity index (χ4n) is 3.27. The molecule has 0 bridgehead atoms. The number of benzene rings is 1. The Labute approximate surface area is 161 Å². The second kappa shape index (κ2) is 6.07. The highest BCUT2D eigenvalue weighted by Gasteiger charge is 2.58. The molecule has 2 aromatic rings. The molecular formula is C19H13F4N3O3. The van der Waals surface area contributed by atoms with E-state index in [2.05, 4.69) is 11.0 Å². The number of carbonyl (C=O) groups excluding carboxylic acids is 1. The van der Waals surface area contributed by atoms with Gasteiger partial charge in [0.05, 0.1) is 24.0 Å². The number of terminal acetylenes is 1. The minimum absolute atomic E-state index is 0.0651. The molecule has 0 N–H and O–H groups in total. The summed E-state index contributed by atoms with van der Waals surface area (Å²) in [7, 11) is 0. The Morgan fingerprint density at radius 3 is 2.55 bits per heavy atom. The quantitative estimate of drug-likeness (QED) is 0.567. The average molecular weight is 407 g/mol. The number of aromatic nitrogens is 2. The Morgan fingerprint density at radius 2 is 1.97 bits per heavy atom. The van der Waals surface area contributed by atoms with Crippen molar-refractivity contribution in [2.75, 3.05) is 11.4 Å². The van der Waals surface area contributed by atoms with E-state index >= 15 is 0 Å². The van der Waals surface area contributed by atoms with E-state index in [1.165, 1.54) is 4.90 Å². The first-order valence-electron chi connectivity index (χ1n) is 8.53. The molecule has 1 fully saturated rings. The van der Waals surface area contributed by atoms with Gasteiger partial charge in [-0.15, -0.1) is 6.42 Å². The van der Waals surface area contributed by atoms with E-state index in [0.717, 1.165) is 19.1 Å². The van der Waals surface area contributed by atoms with E-state index in [1.54, 1.807) is 0 Å². The highest BCUT2D eigenvalue weighted by molar-refractivity contribution is 6.05. The van der Waals surface area contributed by atoms with E-state index in [9.17, 15) is 27.2 Å². The molecule has 1 aliphatic carbocycles. The van der Waals surface area contributed by atoms with Crippen molar-refractivity contribution in [2.45, 2.75) is 31.5 Å². The first-order chi connectivity index (χ1) is 13.6.